The normalized spacial score (nSPS) is 11.2. The molecule has 0 saturated heterocycles. The second kappa shape index (κ2) is 15.3. The molecule has 0 saturated carbocycles. The van der Waals surface area contributed by atoms with Crippen molar-refractivity contribution in [2.24, 2.45) is 0 Å². The maximum absolute atomic E-state index is 13.6. The van der Waals surface area contributed by atoms with Gasteiger partial charge in [0, 0.05) is 22.9 Å². The molecule has 39 heavy (non-hydrogen) atoms. The molecule has 3 heteroatoms. The third-order valence-electron chi connectivity index (χ3n) is 7.47. The number of rotatable bonds is 17. The van der Waals surface area contributed by atoms with Gasteiger partial charge in [0.25, 0.3) is 0 Å². The summed E-state index contributed by atoms with van der Waals surface area (Å²) >= 11 is 0. The number of carbonyl (C=O) groups excluding carboxylic acids is 1. The smallest absolute Gasteiger partial charge is 0.196 e. The van der Waals surface area contributed by atoms with E-state index in [0.717, 1.165) is 53.5 Å². The van der Waals surface area contributed by atoms with Gasteiger partial charge in [-0.3, -0.25) is 4.79 Å². The summed E-state index contributed by atoms with van der Waals surface area (Å²) in [6, 6.07) is 23.9. The van der Waals surface area contributed by atoms with Crippen LogP contribution in [0.5, 0.6) is 5.75 Å². The van der Waals surface area contributed by atoms with Gasteiger partial charge in [0.15, 0.2) is 5.78 Å². The molecular weight excluding hydrogens is 480 g/mol. The van der Waals surface area contributed by atoms with Gasteiger partial charge >= 0.3 is 0 Å². The first-order valence-corrected chi connectivity index (χ1v) is 15.1. The van der Waals surface area contributed by atoms with Crippen LogP contribution in [-0.4, -0.2) is 12.4 Å². The summed E-state index contributed by atoms with van der Waals surface area (Å²) in [5.74, 6) is 1.62. The summed E-state index contributed by atoms with van der Waals surface area (Å²) in [5.41, 5.74) is 4.26. The van der Waals surface area contributed by atoms with Crippen molar-refractivity contribution in [2.75, 3.05) is 6.61 Å². The van der Waals surface area contributed by atoms with Gasteiger partial charge in [-0.15, -0.1) is 0 Å². The average Bonchev–Trinajstić information content (AvgIpc) is 3.33. The van der Waals surface area contributed by atoms with Crippen molar-refractivity contribution in [3.8, 4) is 16.9 Å². The fraction of sp³-hybridized carbons (Fsp3) is 0.417. The number of fused-ring (bicyclic) bond motifs is 1. The Labute approximate surface area is 234 Å². The van der Waals surface area contributed by atoms with Crippen LogP contribution in [0, 0.1) is 0 Å². The van der Waals surface area contributed by atoms with E-state index < -0.39 is 0 Å². The van der Waals surface area contributed by atoms with Crippen LogP contribution in [0.1, 0.15) is 106 Å². The number of ether oxygens (including phenoxy) is 1. The number of furan rings is 1. The Morgan fingerprint density at radius 3 is 2.03 bits per heavy atom. The molecule has 0 atom stereocenters. The molecule has 4 rings (SSSR count). The first kappa shape index (κ1) is 28.7. The van der Waals surface area contributed by atoms with Gasteiger partial charge in [0.1, 0.15) is 17.1 Å². The Hall–Kier alpha value is -3.33. The lowest BCUT2D eigenvalue weighted by atomic mass is 9.96. The molecular formula is C36H44O3. The Kier molecular flexibility index (Phi) is 11.3. The molecule has 0 amide bonds. The van der Waals surface area contributed by atoms with Crippen LogP contribution in [0.2, 0.25) is 0 Å². The van der Waals surface area contributed by atoms with E-state index >= 15 is 0 Å². The van der Waals surface area contributed by atoms with E-state index in [0.29, 0.717) is 23.5 Å². The Bertz CT molecular complexity index is 1290. The topological polar surface area (TPSA) is 39.4 Å². The van der Waals surface area contributed by atoms with Gasteiger partial charge in [0.05, 0.1) is 12.2 Å². The number of hydrogen-bond acceptors (Lipinski definition) is 3. The highest BCUT2D eigenvalue weighted by molar-refractivity contribution is 6.13. The van der Waals surface area contributed by atoms with Gasteiger partial charge in [-0.25, -0.2) is 0 Å². The third kappa shape index (κ3) is 7.85. The highest BCUT2D eigenvalue weighted by Crippen LogP contribution is 2.40. The van der Waals surface area contributed by atoms with Crippen LogP contribution in [0.3, 0.4) is 0 Å². The number of unbranched alkanes of at least 4 members (excludes halogenated alkanes) is 9. The van der Waals surface area contributed by atoms with Gasteiger partial charge in [-0.05, 0) is 30.5 Å². The lowest BCUT2D eigenvalue weighted by Crippen LogP contribution is -2.06. The van der Waals surface area contributed by atoms with Gasteiger partial charge < -0.3 is 9.15 Å². The molecule has 0 N–H and O–H groups in total. The quantitative estimate of drug-likeness (QED) is 0.102. The minimum atomic E-state index is -0.0331. The van der Waals surface area contributed by atoms with Crippen LogP contribution < -0.4 is 4.74 Å². The lowest BCUT2D eigenvalue weighted by Gasteiger charge is -2.12. The minimum Gasteiger partial charge on any atom is -0.493 e. The lowest BCUT2D eigenvalue weighted by molar-refractivity contribution is 0.103. The van der Waals surface area contributed by atoms with Crippen molar-refractivity contribution in [1.29, 1.82) is 0 Å². The Morgan fingerprint density at radius 1 is 0.718 bits per heavy atom. The molecule has 3 nitrogen and oxygen atoms in total. The first-order valence-electron chi connectivity index (χ1n) is 15.1. The summed E-state index contributed by atoms with van der Waals surface area (Å²) in [7, 11) is 0. The molecule has 3 aromatic carbocycles. The molecule has 4 aromatic rings. The largest absolute Gasteiger partial charge is 0.493 e. The first-order chi connectivity index (χ1) is 19.2. The van der Waals surface area contributed by atoms with Gasteiger partial charge in [0.2, 0.25) is 0 Å². The molecule has 1 heterocycles. The van der Waals surface area contributed by atoms with E-state index in [4.69, 9.17) is 9.15 Å². The van der Waals surface area contributed by atoms with E-state index in [2.05, 4.69) is 44.2 Å². The van der Waals surface area contributed by atoms with E-state index in [1.54, 1.807) is 0 Å². The predicted molar refractivity (Wildman–Crippen MR) is 163 cm³/mol. The zero-order valence-corrected chi connectivity index (χ0v) is 23.8. The predicted octanol–water partition coefficient (Wildman–Crippen LogP) is 10.6. The zero-order valence-electron chi connectivity index (χ0n) is 23.8. The maximum atomic E-state index is 13.6. The molecule has 1 aromatic heterocycles. The molecule has 0 aliphatic heterocycles. The molecule has 0 radical (unpaired) electrons. The van der Waals surface area contributed by atoms with Crippen molar-refractivity contribution in [3.63, 3.8) is 0 Å². The van der Waals surface area contributed by atoms with Crippen molar-refractivity contribution in [2.45, 2.75) is 90.9 Å². The molecule has 0 fully saturated rings. The number of aryl methyl sites for hydroxylation is 1. The SMILES string of the molecule is CCCCCCCCOc1cc2c(-c3ccccc3)c(CCCCCCC)oc2cc1C(=O)c1ccccc1. The Morgan fingerprint density at radius 2 is 1.33 bits per heavy atom. The van der Waals surface area contributed by atoms with Crippen molar-refractivity contribution >= 4 is 16.8 Å². The summed E-state index contributed by atoms with van der Waals surface area (Å²) < 4.78 is 12.9. The summed E-state index contributed by atoms with van der Waals surface area (Å²) in [4.78, 5) is 13.6. The fourth-order valence-electron chi connectivity index (χ4n) is 5.27. The number of benzene rings is 3. The fourth-order valence-corrected chi connectivity index (χ4v) is 5.27. The standard InChI is InChI=1S/C36H44O3/c1-3-5-7-9-11-19-25-38-33-26-30-34(27-31(33)36(37)29-22-16-13-17-23-29)39-32(24-18-10-8-6-4-2)35(30)28-20-14-12-15-21-28/h12-17,20-23,26-27H,3-11,18-19,24-25H2,1-2H3. The monoisotopic (exact) mass is 524 g/mol. The van der Waals surface area contributed by atoms with E-state index in [1.807, 2.05) is 42.5 Å². The highest BCUT2D eigenvalue weighted by Gasteiger charge is 2.22. The molecule has 0 unspecified atom stereocenters. The third-order valence-corrected chi connectivity index (χ3v) is 7.47. The second-order valence-electron chi connectivity index (χ2n) is 10.6. The van der Waals surface area contributed by atoms with Crippen LogP contribution in [0.4, 0.5) is 0 Å². The van der Waals surface area contributed by atoms with Crippen molar-refractivity contribution in [1.82, 2.24) is 0 Å². The molecule has 0 spiro atoms. The number of ketones is 1. The van der Waals surface area contributed by atoms with Crippen LogP contribution >= 0.6 is 0 Å². The number of hydrogen-bond donors (Lipinski definition) is 0. The highest BCUT2D eigenvalue weighted by atomic mass is 16.5. The minimum absolute atomic E-state index is 0.0331. The van der Waals surface area contributed by atoms with Crippen molar-refractivity contribution in [3.05, 3.63) is 89.7 Å². The molecule has 0 aliphatic carbocycles. The van der Waals surface area contributed by atoms with Crippen LogP contribution in [0.15, 0.2) is 77.2 Å². The summed E-state index contributed by atoms with van der Waals surface area (Å²) in [6.45, 7) is 5.09. The number of carbonyl (C=O) groups is 1. The van der Waals surface area contributed by atoms with Crippen LogP contribution in [-0.2, 0) is 6.42 Å². The summed E-state index contributed by atoms with van der Waals surface area (Å²) in [5, 5.41) is 1.02. The van der Waals surface area contributed by atoms with Crippen LogP contribution in [0.25, 0.3) is 22.1 Å². The van der Waals surface area contributed by atoms with E-state index in [9.17, 15) is 4.79 Å². The van der Waals surface area contributed by atoms with E-state index in [1.165, 1.54) is 51.4 Å². The second-order valence-corrected chi connectivity index (χ2v) is 10.6. The summed E-state index contributed by atoms with van der Waals surface area (Å²) in [6.07, 6.45) is 14.1. The zero-order chi connectivity index (χ0) is 27.3. The average molecular weight is 525 g/mol. The van der Waals surface area contributed by atoms with Crippen molar-refractivity contribution < 1.29 is 13.9 Å². The molecule has 206 valence electrons. The van der Waals surface area contributed by atoms with Gasteiger partial charge in [-0.1, -0.05) is 132 Å². The molecule has 0 aliphatic rings. The Balaban J connectivity index is 1.68. The van der Waals surface area contributed by atoms with E-state index in [-0.39, 0.29) is 5.78 Å². The molecule has 0 bridgehead atoms. The maximum Gasteiger partial charge on any atom is 0.196 e. The van der Waals surface area contributed by atoms with Gasteiger partial charge in [-0.2, -0.15) is 0 Å².